The molecule has 2 saturated heterocycles. The Morgan fingerprint density at radius 3 is 2.33 bits per heavy atom. The second kappa shape index (κ2) is 10.2. The van der Waals surface area contributed by atoms with Gasteiger partial charge in [-0.15, -0.1) is 0 Å². The van der Waals surface area contributed by atoms with Crippen LogP contribution in [0, 0.1) is 0 Å². The highest BCUT2D eigenvalue weighted by atomic mass is 32.2. The third-order valence-corrected chi connectivity index (χ3v) is 8.68. The molecule has 0 aromatic heterocycles. The van der Waals surface area contributed by atoms with Gasteiger partial charge in [0, 0.05) is 19.6 Å². The number of rotatable bonds is 8. The number of likely N-dealkylation sites (tertiary alicyclic amines) is 1. The molecule has 3 rings (SSSR count). The number of amides is 2. The predicted molar refractivity (Wildman–Crippen MR) is 118 cm³/mol. The molecule has 0 unspecified atom stereocenters. The van der Waals surface area contributed by atoms with Crippen LogP contribution in [0.2, 0.25) is 0 Å². The van der Waals surface area contributed by atoms with Gasteiger partial charge in [0.15, 0.2) is 9.84 Å². The lowest BCUT2D eigenvalue weighted by molar-refractivity contribution is -0.149. The monoisotopic (exact) mass is 501 g/mol. The summed E-state index contributed by atoms with van der Waals surface area (Å²) in [5, 5.41) is 9.41. The maximum absolute atomic E-state index is 13.2. The summed E-state index contributed by atoms with van der Waals surface area (Å²) < 4.78 is 51.1. The van der Waals surface area contributed by atoms with Crippen LogP contribution in [0.25, 0.3) is 0 Å². The molecule has 2 amide bonds. The molecular weight excluding hydrogens is 474 g/mol. The third-order valence-electron chi connectivity index (χ3n) is 5.72. The van der Waals surface area contributed by atoms with Crippen LogP contribution in [0.5, 0.6) is 0 Å². The minimum absolute atomic E-state index is 0.0414. The van der Waals surface area contributed by atoms with Gasteiger partial charge in [-0.05, 0) is 18.4 Å². The number of hydrogen-bond acceptors (Lipinski definition) is 7. The maximum atomic E-state index is 13.2. The third kappa shape index (κ3) is 6.74. The zero-order valence-electron chi connectivity index (χ0n) is 17.9. The lowest BCUT2D eigenvalue weighted by atomic mass is 10.1. The zero-order valence-corrected chi connectivity index (χ0v) is 19.6. The van der Waals surface area contributed by atoms with Crippen molar-refractivity contribution in [1.82, 2.24) is 14.5 Å². The topological polar surface area (TPSA) is 158 Å². The Hall–Kier alpha value is -2.51. The van der Waals surface area contributed by atoms with Crippen molar-refractivity contribution in [3.8, 4) is 0 Å². The van der Waals surface area contributed by atoms with Gasteiger partial charge in [-0.25, -0.2) is 26.4 Å². The standard InChI is InChI=1S/C20H27N3O8S2/c24-18(22-9-11-32(28,29)12-10-22)13-16(19(25)23-8-4-7-17(23)20(26)27)21-33(30,31)14-15-5-2-1-3-6-15/h1-3,5-6,16-17,21H,4,7-14H2,(H,26,27)/t16-,17+/m1/s1. The first kappa shape index (κ1) is 25.1. The number of sulfone groups is 1. The zero-order chi connectivity index (χ0) is 24.2. The molecule has 33 heavy (non-hydrogen) atoms. The molecular formula is C20H27N3O8S2. The number of aliphatic carboxylic acids is 1. The van der Waals surface area contributed by atoms with E-state index in [9.17, 15) is 36.3 Å². The minimum Gasteiger partial charge on any atom is -0.480 e. The molecule has 11 nitrogen and oxygen atoms in total. The van der Waals surface area contributed by atoms with Crippen molar-refractivity contribution < 1.29 is 36.3 Å². The van der Waals surface area contributed by atoms with Gasteiger partial charge in [-0.1, -0.05) is 30.3 Å². The molecule has 0 saturated carbocycles. The highest BCUT2D eigenvalue weighted by Gasteiger charge is 2.40. The number of nitrogens with one attached hydrogen (secondary N) is 1. The van der Waals surface area contributed by atoms with Crippen molar-refractivity contribution in [2.45, 2.75) is 37.1 Å². The summed E-state index contributed by atoms with van der Waals surface area (Å²) in [6.45, 7) is 0.0590. The molecule has 0 radical (unpaired) electrons. The lowest BCUT2D eigenvalue weighted by Gasteiger charge is -2.30. The van der Waals surface area contributed by atoms with Crippen molar-refractivity contribution in [2.75, 3.05) is 31.1 Å². The molecule has 2 aliphatic rings. The molecule has 182 valence electrons. The van der Waals surface area contributed by atoms with E-state index in [1.807, 2.05) is 0 Å². The van der Waals surface area contributed by atoms with Crippen molar-refractivity contribution >= 4 is 37.6 Å². The van der Waals surface area contributed by atoms with Gasteiger partial charge in [0.05, 0.1) is 23.7 Å². The molecule has 2 atom stereocenters. The second-order valence-corrected chi connectivity index (χ2v) is 12.2. The number of sulfonamides is 1. The van der Waals surface area contributed by atoms with E-state index >= 15 is 0 Å². The van der Waals surface area contributed by atoms with Gasteiger partial charge in [0.25, 0.3) is 0 Å². The predicted octanol–water partition coefficient (Wildman–Crippen LogP) is -0.803. The summed E-state index contributed by atoms with van der Waals surface area (Å²) in [6.07, 6.45) is 0.155. The van der Waals surface area contributed by atoms with Crippen molar-refractivity contribution in [2.24, 2.45) is 0 Å². The fourth-order valence-corrected chi connectivity index (χ4v) is 6.52. The van der Waals surface area contributed by atoms with Gasteiger partial charge < -0.3 is 14.9 Å². The quantitative estimate of drug-likeness (QED) is 0.468. The van der Waals surface area contributed by atoms with Crippen LogP contribution in [0.15, 0.2) is 30.3 Å². The second-order valence-electron chi connectivity index (χ2n) is 8.18. The van der Waals surface area contributed by atoms with Crippen LogP contribution in [0.3, 0.4) is 0 Å². The van der Waals surface area contributed by atoms with Gasteiger partial charge in [-0.3, -0.25) is 9.59 Å². The molecule has 13 heteroatoms. The number of hydrogen-bond donors (Lipinski definition) is 2. The number of carboxylic acids is 1. The summed E-state index contributed by atoms with van der Waals surface area (Å²) in [5.74, 6) is -3.38. The highest BCUT2D eigenvalue weighted by molar-refractivity contribution is 7.91. The fraction of sp³-hybridized carbons (Fsp3) is 0.550. The number of carbonyl (C=O) groups is 3. The highest BCUT2D eigenvalue weighted by Crippen LogP contribution is 2.20. The first-order valence-electron chi connectivity index (χ1n) is 10.5. The summed E-state index contributed by atoms with van der Waals surface area (Å²) in [6, 6.07) is 5.70. The van der Waals surface area contributed by atoms with E-state index in [1.54, 1.807) is 30.3 Å². The molecule has 1 aromatic rings. The van der Waals surface area contributed by atoms with E-state index in [-0.39, 0.29) is 37.6 Å². The van der Waals surface area contributed by atoms with E-state index in [0.717, 1.165) is 4.90 Å². The SMILES string of the molecule is O=C(O)[C@@H]1CCCN1C(=O)[C@@H](CC(=O)N1CCS(=O)(=O)CC1)NS(=O)(=O)Cc1ccccc1. The molecule has 0 bridgehead atoms. The first-order chi connectivity index (χ1) is 15.5. The van der Waals surface area contributed by atoms with Crippen LogP contribution in [-0.4, -0.2) is 92.7 Å². The Kier molecular flexibility index (Phi) is 7.75. The summed E-state index contributed by atoms with van der Waals surface area (Å²) in [7, 11) is -7.29. The Balaban J connectivity index is 1.79. The van der Waals surface area contributed by atoms with Crippen molar-refractivity contribution in [1.29, 1.82) is 0 Å². The van der Waals surface area contributed by atoms with Crippen LogP contribution in [0.1, 0.15) is 24.8 Å². The van der Waals surface area contributed by atoms with Crippen LogP contribution in [-0.2, 0) is 40.0 Å². The van der Waals surface area contributed by atoms with Crippen molar-refractivity contribution in [3.05, 3.63) is 35.9 Å². The average molecular weight is 502 g/mol. The van der Waals surface area contributed by atoms with Crippen LogP contribution < -0.4 is 4.72 Å². The number of carboxylic acid groups (broad SMARTS) is 1. The van der Waals surface area contributed by atoms with E-state index < -0.39 is 61.9 Å². The van der Waals surface area contributed by atoms with Crippen LogP contribution >= 0.6 is 0 Å². The smallest absolute Gasteiger partial charge is 0.326 e. The van der Waals surface area contributed by atoms with Gasteiger partial charge in [0.2, 0.25) is 21.8 Å². The average Bonchev–Trinajstić information content (AvgIpc) is 3.23. The van der Waals surface area contributed by atoms with Crippen molar-refractivity contribution in [3.63, 3.8) is 0 Å². The first-order valence-corrected chi connectivity index (χ1v) is 14.0. The molecule has 1 aromatic carbocycles. The summed E-state index contributed by atoms with van der Waals surface area (Å²) in [5.41, 5.74) is 0.480. The molecule has 2 fully saturated rings. The fourth-order valence-electron chi connectivity index (χ4n) is 3.98. The van der Waals surface area contributed by atoms with E-state index in [0.29, 0.717) is 12.0 Å². The van der Waals surface area contributed by atoms with E-state index in [2.05, 4.69) is 4.72 Å². The molecule has 0 aliphatic carbocycles. The summed E-state index contributed by atoms with van der Waals surface area (Å²) >= 11 is 0. The summed E-state index contributed by atoms with van der Waals surface area (Å²) in [4.78, 5) is 39.9. The Bertz CT molecular complexity index is 1090. The number of carbonyl (C=O) groups excluding carboxylic acids is 2. The van der Waals surface area contributed by atoms with Gasteiger partial charge in [-0.2, -0.15) is 0 Å². The van der Waals surface area contributed by atoms with Gasteiger partial charge >= 0.3 is 5.97 Å². The number of benzene rings is 1. The Labute approximate surface area is 192 Å². The lowest BCUT2D eigenvalue weighted by Crippen LogP contribution is -2.54. The van der Waals surface area contributed by atoms with E-state index in [4.69, 9.17) is 0 Å². The number of nitrogens with zero attached hydrogens (tertiary/aromatic N) is 2. The molecule has 2 aliphatic heterocycles. The molecule has 0 spiro atoms. The van der Waals surface area contributed by atoms with Gasteiger partial charge in [0.1, 0.15) is 12.1 Å². The van der Waals surface area contributed by atoms with E-state index in [1.165, 1.54) is 4.90 Å². The molecule has 2 heterocycles. The molecule has 2 N–H and O–H groups in total. The maximum Gasteiger partial charge on any atom is 0.326 e. The normalized spacial score (nSPS) is 21.5. The Morgan fingerprint density at radius 1 is 1.09 bits per heavy atom. The van der Waals surface area contributed by atoms with Crippen LogP contribution in [0.4, 0.5) is 0 Å². The Morgan fingerprint density at radius 2 is 1.73 bits per heavy atom. The minimum atomic E-state index is -4.05. The largest absolute Gasteiger partial charge is 0.480 e.